The van der Waals surface area contributed by atoms with Crippen LogP contribution in [0.5, 0.6) is 0 Å². The van der Waals surface area contributed by atoms with E-state index in [9.17, 15) is 4.39 Å². The molecule has 0 aliphatic rings. The Morgan fingerprint density at radius 2 is 1.73 bits per heavy atom. The Labute approximate surface area is 237 Å². The zero-order valence-electron chi connectivity index (χ0n) is 22.7. The fraction of sp³-hybridized carbons (Fsp3) is 0.0882. The predicted molar refractivity (Wildman–Crippen MR) is 162 cm³/mol. The van der Waals surface area contributed by atoms with Gasteiger partial charge in [0.1, 0.15) is 11.5 Å². The molecule has 6 rings (SSSR count). The zero-order chi connectivity index (χ0) is 28.2. The summed E-state index contributed by atoms with van der Waals surface area (Å²) < 4.78 is 14.7. The van der Waals surface area contributed by atoms with Crippen LogP contribution in [0.4, 0.5) is 4.39 Å². The van der Waals surface area contributed by atoms with Crippen molar-refractivity contribution in [3.63, 3.8) is 0 Å². The normalized spacial score (nSPS) is 11.7. The van der Waals surface area contributed by atoms with Gasteiger partial charge in [0.25, 0.3) is 0 Å². The number of nitrogens with zero attached hydrogens (tertiary/aromatic N) is 3. The van der Waals surface area contributed by atoms with Crippen molar-refractivity contribution in [2.24, 2.45) is 0 Å². The molecule has 0 spiro atoms. The Hall–Kier alpha value is -5.14. The molecule has 0 unspecified atom stereocenters. The lowest BCUT2D eigenvalue weighted by molar-refractivity contribution is 0.624. The van der Waals surface area contributed by atoms with Gasteiger partial charge in [-0.1, -0.05) is 73.3 Å². The molecular formula is C34H29FN6. The Kier molecular flexibility index (Phi) is 7.34. The Balaban J connectivity index is 1.30. The topological polar surface area (TPSA) is 82.3 Å². The van der Waals surface area contributed by atoms with E-state index >= 15 is 0 Å². The van der Waals surface area contributed by atoms with Gasteiger partial charge in [-0.3, -0.25) is 10.1 Å². The van der Waals surface area contributed by atoms with Crippen molar-refractivity contribution in [1.29, 1.82) is 0 Å². The van der Waals surface area contributed by atoms with Gasteiger partial charge >= 0.3 is 0 Å². The van der Waals surface area contributed by atoms with E-state index in [1.54, 1.807) is 24.3 Å². The van der Waals surface area contributed by atoms with Crippen molar-refractivity contribution in [3.8, 4) is 22.6 Å². The van der Waals surface area contributed by atoms with Crippen LogP contribution in [0.15, 0.2) is 110 Å². The summed E-state index contributed by atoms with van der Waals surface area (Å²) in [4.78, 5) is 12.7. The Bertz CT molecular complexity index is 1870. The largest absolute Gasteiger partial charge is 0.340 e. The van der Waals surface area contributed by atoms with Gasteiger partial charge in [-0.05, 0) is 47.9 Å². The van der Waals surface area contributed by atoms with Crippen molar-refractivity contribution >= 4 is 16.5 Å². The molecule has 0 bridgehead atoms. The maximum atomic E-state index is 14.7. The molecule has 41 heavy (non-hydrogen) atoms. The van der Waals surface area contributed by atoms with Crippen molar-refractivity contribution in [2.45, 2.75) is 20.0 Å². The first-order valence-electron chi connectivity index (χ1n) is 13.4. The molecule has 0 aliphatic heterocycles. The standard InChI is InChI=1S/C34H29FN6/c1-3-9-28(27-12-7-8-13-30(27)35)32-22(2)38-34(39-32)33-29-17-25(14-15-31(29)40-41-33)26-16-24(20-37-21-26)19-36-18-23-10-5-4-6-11-23/h3-17,20-21,36H,1,18-19H2,2H3,(H,38,39)(H,40,41)/b28-9-. The number of H-pyrrole nitrogens is 2. The van der Waals surface area contributed by atoms with E-state index in [0.717, 1.165) is 39.8 Å². The summed E-state index contributed by atoms with van der Waals surface area (Å²) in [5, 5.41) is 12.1. The van der Waals surface area contributed by atoms with Crippen molar-refractivity contribution < 1.29 is 4.39 Å². The average molecular weight is 541 g/mol. The van der Waals surface area contributed by atoms with Crippen molar-refractivity contribution in [1.82, 2.24) is 30.5 Å². The third-order valence-corrected chi connectivity index (χ3v) is 7.00. The fourth-order valence-electron chi connectivity index (χ4n) is 4.99. The molecule has 3 aromatic heterocycles. The number of aryl methyl sites for hydroxylation is 1. The van der Waals surface area contributed by atoms with Crippen molar-refractivity contribution in [2.75, 3.05) is 0 Å². The SMILES string of the molecule is C=C/C=C(/c1ccccc1F)c1nc(-c2n[nH]c3ccc(-c4cncc(CNCc5ccccc5)c4)cc23)[nH]c1C. The molecule has 6 nitrogen and oxygen atoms in total. The Morgan fingerprint density at radius 1 is 0.927 bits per heavy atom. The highest BCUT2D eigenvalue weighted by atomic mass is 19.1. The highest BCUT2D eigenvalue weighted by molar-refractivity contribution is 5.95. The van der Waals surface area contributed by atoms with Crippen LogP contribution in [0.2, 0.25) is 0 Å². The van der Waals surface area contributed by atoms with Gasteiger partial charge in [0.05, 0.1) is 11.2 Å². The minimum absolute atomic E-state index is 0.314. The number of benzene rings is 3. The summed E-state index contributed by atoms with van der Waals surface area (Å²) in [7, 11) is 0. The van der Waals surface area contributed by atoms with Crippen LogP contribution in [-0.2, 0) is 13.1 Å². The van der Waals surface area contributed by atoms with Gasteiger partial charge in [-0.15, -0.1) is 0 Å². The summed E-state index contributed by atoms with van der Waals surface area (Å²) in [5.41, 5.74) is 8.56. The predicted octanol–water partition coefficient (Wildman–Crippen LogP) is 7.37. The molecule has 7 heteroatoms. The van der Waals surface area contributed by atoms with Crippen LogP contribution in [0.3, 0.4) is 0 Å². The lowest BCUT2D eigenvalue weighted by atomic mass is 10.0. The molecule has 3 N–H and O–H groups in total. The van der Waals surface area contributed by atoms with Crippen LogP contribution < -0.4 is 5.32 Å². The van der Waals surface area contributed by atoms with Crippen LogP contribution in [0, 0.1) is 12.7 Å². The number of rotatable bonds is 9. The number of imidazole rings is 1. The van der Waals surface area contributed by atoms with Crippen molar-refractivity contribution in [3.05, 3.63) is 144 Å². The fourth-order valence-corrected chi connectivity index (χ4v) is 4.99. The van der Waals surface area contributed by atoms with Gasteiger partial charge in [-0.25, -0.2) is 9.37 Å². The molecule has 0 aliphatic carbocycles. The molecule has 0 amide bonds. The molecule has 202 valence electrons. The second kappa shape index (κ2) is 11.5. The minimum Gasteiger partial charge on any atom is -0.340 e. The van der Waals surface area contributed by atoms with Crippen LogP contribution in [-0.4, -0.2) is 25.1 Å². The number of pyridine rings is 1. The molecule has 0 atom stereocenters. The number of aromatic nitrogens is 5. The summed E-state index contributed by atoms with van der Waals surface area (Å²) in [6.07, 6.45) is 7.18. The number of hydrogen-bond acceptors (Lipinski definition) is 4. The number of allylic oxidation sites excluding steroid dienone is 2. The molecule has 3 heterocycles. The van der Waals surface area contributed by atoms with E-state index in [1.165, 1.54) is 11.6 Å². The summed E-state index contributed by atoms with van der Waals surface area (Å²) in [5.74, 6) is 0.287. The summed E-state index contributed by atoms with van der Waals surface area (Å²) in [6, 6.07) is 25.3. The highest BCUT2D eigenvalue weighted by Gasteiger charge is 2.19. The highest BCUT2D eigenvalue weighted by Crippen LogP contribution is 2.33. The second-order valence-corrected chi connectivity index (χ2v) is 9.86. The quantitative estimate of drug-likeness (QED) is 0.167. The van der Waals surface area contributed by atoms with E-state index in [1.807, 2.05) is 49.6 Å². The third kappa shape index (κ3) is 5.48. The van der Waals surface area contributed by atoms with Gasteiger partial charge in [-0.2, -0.15) is 5.10 Å². The monoisotopic (exact) mass is 540 g/mol. The first-order valence-corrected chi connectivity index (χ1v) is 13.4. The smallest absolute Gasteiger partial charge is 0.159 e. The molecule has 6 aromatic rings. The molecule has 0 saturated carbocycles. The Morgan fingerprint density at radius 3 is 2.56 bits per heavy atom. The van der Waals surface area contributed by atoms with E-state index in [2.05, 4.69) is 62.4 Å². The number of fused-ring (bicyclic) bond motifs is 1. The number of nitrogens with one attached hydrogen (secondary N) is 3. The first kappa shape index (κ1) is 26.1. The lowest BCUT2D eigenvalue weighted by Gasteiger charge is -2.08. The van der Waals surface area contributed by atoms with E-state index in [0.29, 0.717) is 34.9 Å². The van der Waals surface area contributed by atoms with E-state index < -0.39 is 0 Å². The van der Waals surface area contributed by atoms with Gasteiger partial charge in [0, 0.05) is 53.3 Å². The summed E-state index contributed by atoms with van der Waals surface area (Å²) in [6.45, 7) is 7.25. The van der Waals surface area contributed by atoms with Crippen LogP contribution >= 0.6 is 0 Å². The summed E-state index contributed by atoms with van der Waals surface area (Å²) >= 11 is 0. The third-order valence-electron chi connectivity index (χ3n) is 7.00. The number of halogens is 1. The molecule has 0 saturated heterocycles. The van der Waals surface area contributed by atoms with Gasteiger partial charge in [0.2, 0.25) is 0 Å². The maximum Gasteiger partial charge on any atom is 0.159 e. The van der Waals surface area contributed by atoms with E-state index in [-0.39, 0.29) is 5.82 Å². The number of hydrogen-bond donors (Lipinski definition) is 3. The van der Waals surface area contributed by atoms with Gasteiger partial charge in [0.15, 0.2) is 5.82 Å². The second-order valence-electron chi connectivity index (χ2n) is 9.86. The molecular weight excluding hydrogens is 511 g/mol. The molecule has 3 aromatic carbocycles. The van der Waals surface area contributed by atoms with Crippen LogP contribution in [0.25, 0.3) is 39.1 Å². The first-order chi connectivity index (χ1) is 20.1. The van der Waals surface area contributed by atoms with Crippen LogP contribution in [0.1, 0.15) is 28.1 Å². The minimum atomic E-state index is -0.314. The molecule has 0 fully saturated rings. The van der Waals surface area contributed by atoms with Gasteiger partial charge < -0.3 is 10.3 Å². The lowest BCUT2D eigenvalue weighted by Crippen LogP contribution is -2.12. The van der Waals surface area contributed by atoms with E-state index in [4.69, 9.17) is 4.98 Å². The molecule has 0 radical (unpaired) electrons. The number of aromatic amines is 2. The average Bonchev–Trinajstić information content (AvgIpc) is 3.60. The zero-order valence-corrected chi connectivity index (χ0v) is 22.7. The maximum absolute atomic E-state index is 14.7.